The molecule has 2 heterocycles. The summed E-state index contributed by atoms with van der Waals surface area (Å²) in [7, 11) is 0. The number of benzene rings is 1. The van der Waals surface area contributed by atoms with E-state index in [0.717, 1.165) is 6.42 Å². The zero-order valence-electron chi connectivity index (χ0n) is 13.0. The van der Waals surface area contributed by atoms with Gasteiger partial charge in [0.1, 0.15) is 11.9 Å². The van der Waals surface area contributed by atoms with Gasteiger partial charge in [0.2, 0.25) is 11.8 Å². The number of anilines is 2. The second-order valence-corrected chi connectivity index (χ2v) is 5.81. The van der Waals surface area contributed by atoms with Gasteiger partial charge in [-0.05, 0) is 31.5 Å². The first kappa shape index (κ1) is 15.9. The molecule has 0 aromatic heterocycles. The lowest BCUT2D eigenvalue weighted by molar-refractivity contribution is -0.123. The minimum Gasteiger partial charge on any atom is -0.375 e. The predicted molar refractivity (Wildman–Crippen MR) is 83.8 cm³/mol. The molecule has 0 unspecified atom stereocenters. The Labute approximate surface area is 134 Å². The summed E-state index contributed by atoms with van der Waals surface area (Å²) in [6.45, 7) is 3.52. The molecular formula is C16H20FN3O3. The van der Waals surface area contributed by atoms with E-state index in [1.54, 1.807) is 6.07 Å². The molecule has 2 aliphatic heterocycles. The van der Waals surface area contributed by atoms with Crippen LogP contribution in [0.4, 0.5) is 15.8 Å². The normalized spacial score (nSPS) is 24.8. The number of amides is 2. The molecule has 3 rings (SSSR count). The van der Waals surface area contributed by atoms with E-state index in [1.807, 2.05) is 6.92 Å². The van der Waals surface area contributed by atoms with Crippen LogP contribution in [0.25, 0.3) is 0 Å². The monoisotopic (exact) mass is 321 g/mol. The zero-order chi connectivity index (χ0) is 16.4. The van der Waals surface area contributed by atoms with Crippen molar-refractivity contribution < 1.29 is 18.7 Å². The highest BCUT2D eigenvalue weighted by molar-refractivity contribution is 5.97. The second kappa shape index (κ2) is 6.64. The maximum Gasteiger partial charge on any atom is 0.244 e. The van der Waals surface area contributed by atoms with Crippen molar-refractivity contribution in [3.8, 4) is 0 Å². The summed E-state index contributed by atoms with van der Waals surface area (Å²) in [4.78, 5) is 25.4. The molecule has 23 heavy (non-hydrogen) atoms. The topological polar surface area (TPSA) is 70.7 Å². The number of carbonyl (C=O) groups excluding carboxylic acids is 2. The van der Waals surface area contributed by atoms with Gasteiger partial charge in [0.15, 0.2) is 0 Å². The van der Waals surface area contributed by atoms with E-state index in [1.165, 1.54) is 17.0 Å². The van der Waals surface area contributed by atoms with Gasteiger partial charge in [-0.1, -0.05) is 0 Å². The van der Waals surface area contributed by atoms with Crippen molar-refractivity contribution in [1.82, 2.24) is 5.32 Å². The standard InChI is InChI=1S/C16H20FN3O3/c1-10-15(18-6-8-23-10)16(22)19-11-4-5-13(12(17)9-11)20-7-2-3-14(20)21/h4-5,9-10,15,18H,2-3,6-8H2,1H3,(H,19,22)/t10-,15+/m1/s1. The summed E-state index contributed by atoms with van der Waals surface area (Å²) < 4.78 is 19.7. The van der Waals surface area contributed by atoms with E-state index in [0.29, 0.717) is 31.8 Å². The third-order valence-corrected chi connectivity index (χ3v) is 4.18. The lowest BCUT2D eigenvalue weighted by Crippen LogP contribution is -2.53. The summed E-state index contributed by atoms with van der Waals surface area (Å²) in [5.41, 5.74) is 0.625. The number of halogens is 1. The molecule has 6 nitrogen and oxygen atoms in total. The summed E-state index contributed by atoms with van der Waals surface area (Å²) in [6.07, 6.45) is 0.945. The minimum atomic E-state index is -0.515. The van der Waals surface area contributed by atoms with E-state index < -0.39 is 11.9 Å². The molecule has 1 aromatic rings. The van der Waals surface area contributed by atoms with Gasteiger partial charge >= 0.3 is 0 Å². The van der Waals surface area contributed by atoms with Crippen LogP contribution in [0.5, 0.6) is 0 Å². The van der Waals surface area contributed by atoms with Crippen LogP contribution in [0.2, 0.25) is 0 Å². The van der Waals surface area contributed by atoms with E-state index in [4.69, 9.17) is 4.74 Å². The van der Waals surface area contributed by atoms with Crippen LogP contribution in [0.3, 0.4) is 0 Å². The Morgan fingerprint density at radius 2 is 2.30 bits per heavy atom. The van der Waals surface area contributed by atoms with Gasteiger partial charge in [0.05, 0.1) is 18.4 Å². The van der Waals surface area contributed by atoms with Gasteiger partial charge < -0.3 is 20.3 Å². The number of nitrogens with one attached hydrogen (secondary N) is 2. The molecule has 2 amide bonds. The Bertz CT molecular complexity index is 623. The number of ether oxygens (including phenoxy) is 1. The van der Waals surface area contributed by atoms with Gasteiger partial charge in [-0.15, -0.1) is 0 Å². The molecule has 2 atom stereocenters. The molecular weight excluding hydrogens is 301 g/mol. The molecule has 2 saturated heterocycles. The summed E-state index contributed by atoms with van der Waals surface area (Å²) in [5, 5.41) is 5.77. The van der Waals surface area contributed by atoms with Gasteiger partial charge in [0, 0.05) is 25.2 Å². The fourth-order valence-electron chi connectivity index (χ4n) is 2.95. The zero-order valence-corrected chi connectivity index (χ0v) is 13.0. The minimum absolute atomic E-state index is 0.0712. The van der Waals surface area contributed by atoms with Crippen molar-refractivity contribution in [2.24, 2.45) is 0 Å². The van der Waals surface area contributed by atoms with Crippen LogP contribution < -0.4 is 15.5 Å². The first-order valence-corrected chi connectivity index (χ1v) is 7.82. The Morgan fingerprint density at radius 3 is 2.96 bits per heavy atom. The van der Waals surface area contributed by atoms with E-state index in [2.05, 4.69) is 10.6 Å². The smallest absolute Gasteiger partial charge is 0.244 e. The fraction of sp³-hybridized carbons (Fsp3) is 0.500. The van der Waals surface area contributed by atoms with E-state index in [9.17, 15) is 14.0 Å². The second-order valence-electron chi connectivity index (χ2n) is 5.81. The lowest BCUT2D eigenvalue weighted by Gasteiger charge is -2.29. The summed E-state index contributed by atoms with van der Waals surface area (Å²) in [5.74, 6) is -0.849. The molecule has 0 spiro atoms. The number of hydrogen-bond acceptors (Lipinski definition) is 4. The maximum absolute atomic E-state index is 14.3. The molecule has 2 fully saturated rings. The Balaban J connectivity index is 1.70. The van der Waals surface area contributed by atoms with Gasteiger partial charge in [-0.3, -0.25) is 9.59 Å². The highest BCUT2D eigenvalue weighted by Gasteiger charge is 2.29. The highest BCUT2D eigenvalue weighted by Crippen LogP contribution is 2.27. The molecule has 0 aliphatic carbocycles. The molecule has 2 N–H and O–H groups in total. The number of carbonyl (C=O) groups is 2. The van der Waals surface area contributed by atoms with Crippen molar-refractivity contribution in [2.75, 3.05) is 29.9 Å². The lowest BCUT2D eigenvalue weighted by atomic mass is 10.1. The van der Waals surface area contributed by atoms with Crippen molar-refractivity contribution in [3.05, 3.63) is 24.0 Å². The van der Waals surface area contributed by atoms with Crippen LogP contribution >= 0.6 is 0 Å². The molecule has 124 valence electrons. The molecule has 7 heteroatoms. The first-order chi connectivity index (χ1) is 11.1. The van der Waals surface area contributed by atoms with Crippen LogP contribution in [-0.4, -0.2) is 43.7 Å². The van der Waals surface area contributed by atoms with Gasteiger partial charge in [-0.2, -0.15) is 0 Å². The number of nitrogens with zero attached hydrogens (tertiary/aromatic N) is 1. The van der Waals surface area contributed by atoms with Crippen molar-refractivity contribution in [3.63, 3.8) is 0 Å². The largest absolute Gasteiger partial charge is 0.375 e. The summed E-state index contributed by atoms with van der Waals surface area (Å²) >= 11 is 0. The average Bonchev–Trinajstić information content (AvgIpc) is 2.94. The number of morpholine rings is 1. The molecule has 0 radical (unpaired) electrons. The van der Waals surface area contributed by atoms with Crippen LogP contribution in [-0.2, 0) is 14.3 Å². The molecule has 1 aromatic carbocycles. The van der Waals surface area contributed by atoms with Crippen LogP contribution in [0.15, 0.2) is 18.2 Å². The van der Waals surface area contributed by atoms with Crippen molar-refractivity contribution >= 4 is 23.2 Å². The third-order valence-electron chi connectivity index (χ3n) is 4.18. The molecule has 0 saturated carbocycles. The molecule has 2 aliphatic rings. The SMILES string of the molecule is C[C@H]1OCCN[C@@H]1C(=O)Nc1ccc(N2CCCC2=O)c(F)c1. The number of rotatable bonds is 3. The van der Waals surface area contributed by atoms with E-state index in [-0.39, 0.29) is 23.6 Å². The first-order valence-electron chi connectivity index (χ1n) is 7.82. The van der Waals surface area contributed by atoms with Crippen molar-refractivity contribution in [1.29, 1.82) is 0 Å². The number of hydrogen-bond donors (Lipinski definition) is 2. The Hall–Kier alpha value is -1.99. The highest BCUT2D eigenvalue weighted by atomic mass is 19.1. The summed E-state index contributed by atoms with van der Waals surface area (Å²) in [6, 6.07) is 3.91. The van der Waals surface area contributed by atoms with Crippen LogP contribution in [0.1, 0.15) is 19.8 Å². The molecule has 0 bridgehead atoms. The quantitative estimate of drug-likeness (QED) is 0.879. The predicted octanol–water partition coefficient (Wildman–Crippen LogP) is 1.27. The maximum atomic E-state index is 14.3. The van der Waals surface area contributed by atoms with Gasteiger partial charge in [0.25, 0.3) is 0 Å². The average molecular weight is 321 g/mol. The Morgan fingerprint density at radius 1 is 1.48 bits per heavy atom. The Kier molecular flexibility index (Phi) is 4.58. The van der Waals surface area contributed by atoms with Gasteiger partial charge in [-0.25, -0.2) is 4.39 Å². The third kappa shape index (κ3) is 3.35. The van der Waals surface area contributed by atoms with Crippen LogP contribution in [0, 0.1) is 5.82 Å². The fourth-order valence-corrected chi connectivity index (χ4v) is 2.95. The van der Waals surface area contributed by atoms with E-state index >= 15 is 0 Å². The van der Waals surface area contributed by atoms with Crippen molar-refractivity contribution in [2.45, 2.75) is 31.9 Å².